The number of aromatic nitrogens is 2. The summed E-state index contributed by atoms with van der Waals surface area (Å²) in [6.45, 7) is 8.14. The van der Waals surface area contributed by atoms with Crippen LogP contribution in [-0.4, -0.2) is 27.8 Å². The summed E-state index contributed by atoms with van der Waals surface area (Å²) in [6.07, 6.45) is 0. The minimum Gasteiger partial charge on any atom is -0.465 e. The maximum Gasteiger partial charge on any atom is 0.319 e. The van der Waals surface area contributed by atoms with Crippen molar-refractivity contribution >= 4 is 39.3 Å². The SMILES string of the molecule is CCOC(=O)C(C)Sc1nc2scc(-c3ccc(C(C)C)cc3)c2c(=O)[nH]1. The third kappa shape index (κ3) is 4.25. The van der Waals surface area contributed by atoms with Crippen LogP contribution in [0.5, 0.6) is 0 Å². The first-order chi connectivity index (χ1) is 12.9. The van der Waals surface area contributed by atoms with Gasteiger partial charge in [0, 0.05) is 10.9 Å². The lowest BCUT2D eigenvalue weighted by Gasteiger charge is -2.09. The van der Waals surface area contributed by atoms with E-state index in [0.29, 0.717) is 27.9 Å². The van der Waals surface area contributed by atoms with Gasteiger partial charge >= 0.3 is 5.97 Å². The van der Waals surface area contributed by atoms with Gasteiger partial charge in [-0.25, -0.2) is 4.98 Å². The number of benzene rings is 1. The van der Waals surface area contributed by atoms with Crippen LogP contribution < -0.4 is 5.56 Å². The highest BCUT2D eigenvalue weighted by Gasteiger charge is 2.19. The minimum atomic E-state index is -0.437. The summed E-state index contributed by atoms with van der Waals surface area (Å²) in [5.41, 5.74) is 2.95. The van der Waals surface area contributed by atoms with E-state index in [1.807, 2.05) is 17.5 Å². The molecule has 0 spiro atoms. The monoisotopic (exact) mass is 402 g/mol. The Kier molecular flexibility index (Phi) is 6.01. The molecule has 5 nitrogen and oxygen atoms in total. The van der Waals surface area contributed by atoms with Gasteiger partial charge in [0.2, 0.25) is 0 Å². The van der Waals surface area contributed by atoms with E-state index in [0.717, 1.165) is 11.1 Å². The number of hydrogen-bond donors (Lipinski definition) is 1. The Balaban J connectivity index is 1.93. The van der Waals surface area contributed by atoms with Crippen molar-refractivity contribution in [1.29, 1.82) is 0 Å². The molecule has 7 heteroatoms. The Morgan fingerprint density at radius 1 is 1.26 bits per heavy atom. The van der Waals surface area contributed by atoms with Gasteiger partial charge in [-0.05, 0) is 30.9 Å². The Bertz CT molecular complexity index is 1010. The molecule has 1 aromatic carbocycles. The minimum absolute atomic E-state index is 0.192. The molecule has 1 unspecified atom stereocenters. The fraction of sp³-hybridized carbons (Fsp3) is 0.350. The molecule has 0 fully saturated rings. The number of nitrogens with one attached hydrogen (secondary N) is 1. The molecule has 0 bridgehead atoms. The molecule has 0 amide bonds. The van der Waals surface area contributed by atoms with Gasteiger partial charge in [0.05, 0.1) is 12.0 Å². The lowest BCUT2D eigenvalue weighted by Crippen LogP contribution is -2.18. The molecule has 3 aromatic rings. The quantitative estimate of drug-likeness (QED) is 0.364. The molecule has 142 valence electrons. The molecule has 2 aromatic heterocycles. The van der Waals surface area contributed by atoms with Gasteiger partial charge in [-0.15, -0.1) is 11.3 Å². The predicted octanol–water partition coefficient (Wildman–Crippen LogP) is 4.82. The summed E-state index contributed by atoms with van der Waals surface area (Å²) in [5, 5.41) is 2.54. The van der Waals surface area contributed by atoms with Gasteiger partial charge in [-0.3, -0.25) is 9.59 Å². The van der Waals surface area contributed by atoms with Crippen LogP contribution in [0.1, 0.15) is 39.2 Å². The topological polar surface area (TPSA) is 72.0 Å². The maximum atomic E-state index is 12.7. The molecule has 3 rings (SSSR count). The fourth-order valence-corrected chi connectivity index (χ4v) is 4.52. The second kappa shape index (κ2) is 8.27. The maximum absolute atomic E-state index is 12.7. The van der Waals surface area contributed by atoms with E-state index >= 15 is 0 Å². The zero-order valence-electron chi connectivity index (χ0n) is 15.7. The third-order valence-corrected chi connectivity index (χ3v) is 6.05. The molecule has 0 aliphatic heterocycles. The summed E-state index contributed by atoms with van der Waals surface area (Å²) in [4.78, 5) is 32.5. The predicted molar refractivity (Wildman–Crippen MR) is 112 cm³/mol. The molecule has 27 heavy (non-hydrogen) atoms. The Morgan fingerprint density at radius 3 is 2.59 bits per heavy atom. The number of aromatic amines is 1. The zero-order chi connectivity index (χ0) is 19.6. The third-order valence-electron chi connectivity index (χ3n) is 4.22. The van der Waals surface area contributed by atoms with Crippen LogP contribution in [0.2, 0.25) is 0 Å². The van der Waals surface area contributed by atoms with Crippen molar-refractivity contribution in [3.05, 3.63) is 45.6 Å². The molecule has 2 heterocycles. The number of fused-ring (bicyclic) bond motifs is 1. The number of nitrogens with zero attached hydrogens (tertiary/aromatic N) is 1. The average molecular weight is 403 g/mol. The number of thioether (sulfide) groups is 1. The molecule has 0 aliphatic carbocycles. The van der Waals surface area contributed by atoms with E-state index in [4.69, 9.17) is 4.74 Å². The highest BCUT2D eigenvalue weighted by Crippen LogP contribution is 2.32. The number of ether oxygens (including phenoxy) is 1. The summed E-state index contributed by atoms with van der Waals surface area (Å²) in [6, 6.07) is 8.27. The summed E-state index contributed by atoms with van der Waals surface area (Å²) >= 11 is 2.63. The van der Waals surface area contributed by atoms with Crippen molar-refractivity contribution in [2.75, 3.05) is 6.61 Å². The number of carbonyl (C=O) groups excluding carboxylic acids is 1. The fourth-order valence-electron chi connectivity index (χ4n) is 2.72. The van der Waals surface area contributed by atoms with Gasteiger partial charge in [-0.1, -0.05) is 49.9 Å². The number of esters is 1. The molecule has 0 aliphatic rings. The van der Waals surface area contributed by atoms with Crippen molar-refractivity contribution in [3.8, 4) is 11.1 Å². The molecule has 1 N–H and O–H groups in total. The van der Waals surface area contributed by atoms with Crippen LogP contribution in [0.4, 0.5) is 0 Å². The van der Waals surface area contributed by atoms with Crippen molar-refractivity contribution in [1.82, 2.24) is 9.97 Å². The second-order valence-corrected chi connectivity index (χ2v) is 8.68. The van der Waals surface area contributed by atoms with E-state index in [-0.39, 0.29) is 11.5 Å². The summed E-state index contributed by atoms with van der Waals surface area (Å²) in [7, 11) is 0. The summed E-state index contributed by atoms with van der Waals surface area (Å²) in [5.74, 6) is 0.145. The largest absolute Gasteiger partial charge is 0.465 e. The second-order valence-electron chi connectivity index (χ2n) is 6.49. The van der Waals surface area contributed by atoms with Gasteiger partial charge in [0.15, 0.2) is 5.16 Å². The normalized spacial score (nSPS) is 12.5. The first-order valence-electron chi connectivity index (χ1n) is 8.85. The highest BCUT2D eigenvalue weighted by molar-refractivity contribution is 8.00. The van der Waals surface area contributed by atoms with Crippen molar-refractivity contribution in [2.45, 2.75) is 44.0 Å². The van der Waals surface area contributed by atoms with E-state index < -0.39 is 5.25 Å². The van der Waals surface area contributed by atoms with Gasteiger partial charge in [0.25, 0.3) is 5.56 Å². The molecule has 0 saturated heterocycles. The van der Waals surface area contributed by atoms with Crippen LogP contribution >= 0.6 is 23.1 Å². The van der Waals surface area contributed by atoms with Crippen molar-refractivity contribution in [2.24, 2.45) is 0 Å². The Morgan fingerprint density at radius 2 is 1.96 bits per heavy atom. The van der Waals surface area contributed by atoms with Gasteiger partial charge in [0.1, 0.15) is 10.1 Å². The molecule has 0 saturated carbocycles. The lowest BCUT2D eigenvalue weighted by molar-refractivity contribution is -0.142. The van der Waals surface area contributed by atoms with E-state index in [9.17, 15) is 9.59 Å². The van der Waals surface area contributed by atoms with Crippen LogP contribution in [0.3, 0.4) is 0 Å². The van der Waals surface area contributed by atoms with Crippen LogP contribution in [-0.2, 0) is 9.53 Å². The average Bonchev–Trinajstić information content (AvgIpc) is 3.06. The first kappa shape index (κ1) is 19.6. The smallest absolute Gasteiger partial charge is 0.319 e. The van der Waals surface area contributed by atoms with E-state index in [1.54, 1.807) is 13.8 Å². The number of H-pyrrole nitrogens is 1. The van der Waals surface area contributed by atoms with Gasteiger partial charge in [-0.2, -0.15) is 0 Å². The van der Waals surface area contributed by atoms with E-state index in [1.165, 1.54) is 28.7 Å². The van der Waals surface area contributed by atoms with Crippen LogP contribution in [0, 0.1) is 0 Å². The number of rotatable bonds is 6. The first-order valence-corrected chi connectivity index (χ1v) is 10.6. The Labute approximate surface area is 166 Å². The summed E-state index contributed by atoms with van der Waals surface area (Å²) < 4.78 is 5.00. The molecule has 1 atom stereocenters. The van der Waals surface area contributed by atoms with E-state index in [2.05, 4.69) is 35.9 Å². The zero-order valence-corrected chi connectivity index (χ0v) is 17.4. The van der Waals surface area contributed by atoms with Crippen molar-refractivity contribution in [3.63, 3.8) is 0 Å². The molecular formula is C20H22N2O3S2. The lowest BCUT2D eigenvalue weighted by atomic mass is 9.99. The Hall–Kier alpha value is -2.12. The standard InChI is InChI=1S/C20H22N2O3S2/c1-5-25-19(24)12(4)27-20-21-17(23)16-15(10-26-18(16)22-20)14-8-6-13(7-9-14)11(2)3/h6-12H,5H2,1-4H3,(H,21,22,23). The van der Waals surface area contributed by atoms with Gasteiger partial charge < -0.3 is 9.72 Å². The highest BCUT2D eigenvalue weighted by atomic mass is 32.2. The van der Waals surface area contributed by atoms with Crippen LogP contribution in [0.15, 0.2) is 39.6 Å². The number of thiophene rings is 1. The number of carbonyl (C=O) groups is 1. The number of hydrogen-bond acceptors (Lipinski definition) is 6. The van der Waals surface area contributed by atoms with Crippen molar-refractivity contribution < 1.29 is 9.53 Å². The van der Waals surface area contributed by atoms with Crippen LogP contribution in [0.25, 0.3) is 21.3 Å². The molecule has 0 radical (unpaired) electrons. The molecular weight excluding hydrogens is 380 g/mol.